The first-order chi connectivity index (χ1) is 7.74. The molecule has 1 aromatic heterocycles. The zero-order chi connectivity index (χ0) is 11.1. The number of aromatic amines is 1. The third-order valence-electron chi connectivity index (χ3n) is 2.93. The molecule has 0 amide bonds. The van der Waals surface area contributed by atoms with Gasteiger partial charge in [-0.3, -0.25) is 0 Å². The second kappa shape index (κ2) is 3.52. The Morgan fingerprint density at radius 2 is 2.06 bits per heavy atom. The van der Waals surface area contributed by atoms with Crippen LogP contribution in [0.25, 0.3) is 11.0 Å². The Hall–Kier alpha value is -1.49. The third-order valence-corrected chi connectivity index (χ3v) is 2.93. The highest BCUT2D eigenvalue weighted by Gasteiger charge is 2.20. The number of benzene rings is 1. The van der Waals surface area contributed by atoms with Gasteiger partial charge >= 0.3 is 0 Å². The van der Waals surface area contributed by atoms with Crippen molar-refractivity contribution < 1.29 is 8.78 Å². The highest BCUT2D eigenvalue weighted by atomic mass is 19.2. The monoisotopic (exact) mass is 223 g/mol. The van der Waals surface area contributed by atoms with E-state index in [1.807, 2.05) is 0 Å². The first-order valence-electron chi connectivity index (χ1n) is 5.32. The molecule has 1 aromatic carbocycles. The smallest absolute Gasteiger partial charge is 0.161 e. The summed E-state index contributed by atoms with van der Waals surface area (Å²) in [5.74, 6) is -0.940. The number of aromatic nitrogens is 2. The second-order valence-corrected chi connectivity index (χ2v) is 4.05. The highest BCUT2D eigenvalue weighted by molar-refractivity contribution is 5.75. The SMILES string of the molecule is Fc1cc2nc(C3CCCN3)[nH]c2cc1F. The maximum absolute atomic E-state index is 13.0. The van der Waals surface area contributed by atoms with Crippen molar-refractivity contribution in [3.8, 4) is 0 Å². The Bertz CT molecular complexity index is 490. The largest absolute Gasteiger partial charge is 0.341 e. The van der Waals surface area contributed by atoms with Gasteiger partial charge in [-0.1, -0.05) is 0 Å². The van der Waals surface area contributed by atoms with E-state index in [0.29, 0.717) is 11.0 Å². The summed E-state index contributed by atoms with van der Waals surface area (Å²) in [4.78, 5) is 7.30. The van der Waals surface area contributed by atoms with Gasteiger partial charge < -0.3 is 10.3 Å². The van der Waals surface area contributed by atoms with E-state index in [4.69, 9.17) is 0 Å². The van der Waals surface area contributed by atoms with Crippen molar-refractivity contribution in [2.24, 2.45) is 0 Å². The predicted octanol–water partition coefficient (Wildman–Crippen LogP) is 2.27. The molecule has 1 aliphatic rings. The Balaban J connectivity index is 2.08. The first kappa shape index (κ1) is 9.72. The fourth-order valence-electron chi connectivity index (χ4n) is 2.11. The van der Waals surface area contributed by atoms with E-state index in [0.717, 1.165) is 37.3 Å². The van der Waals surface area contributed by atoms with Crippen LogP contribution in [0.5, 0.6) is 0 Å². The second-order valence-electron chi connectivity index (χ2n) is 4.05. The quantitative estimate of drug-likeness (QED) is 0.778. The number of nitrogens with zero attached hydrogens (tertiary/aromatic N) is 1. The minimum Gasteiger partial charge on any atom is -0.341 e. The number of rotatable bonds is 1. The lowest BCUT2D eigenvalue weighted by molar-refractivity contribution is 0.510. The molecule has 2 heterocycles. The molecule has 3 nitrogen and oxygen atoms in total. The molecule has 16 heavy (non-hydrogen) atoms. The normalized spacial score (nSPS) is 20.8. The number of hydrogen-bond donors (Lipinski definition) is 2. The molecule has 0 bridgehead atoms. The van der Waals surface area contributed by atoms with Gasteiger partial charge in [-0.15, -0.1) is 0 Å². The summed E-state index contributed by atoms with van der Waals surface area (Å²) >= 11 is 0. The summed E-state index contributed by atoms with van der Waals surface area (Å²) in [7, 11) is 0. The molecule has 2 N–H and O–H groups in total. The fourth-order valence-corrected chi connectivity index (χ4v) is 2.11. The van der Waals surface area contributed by atoms with Crippen molar-refractivity contribution in [1.29, 1.82) is 0 Å². The Morgan fingerprint density at radius 3 is 2.81 bits per heavy atom. The van der Waals surface area contributed by atoms with Gasteiger partial charge in [0.25, 0.3) is 0 Å². The topological polar surface area (TPSA) is 40.7 Å². The summed E-state index contributed by atoms with van der Waals surface area (Å²) in [5, 5.41) is 3.28. The first-order valence-corrected chi connectivity index (χ1v) is 5.32. The van der Waals surface area contributed by atoms with Crippen LogP contribution in [0.3, 0.4) is 0 Å². The van der Waals surface area contributed by atoms with E-state index in [9.17, 15) is 8.78 Å². The van der Waals surface area contributed by atoms with Gasteiger partial charge in [0.05, 0.1) is 17.1 Å². The predicted molar refractivity (Wildman–Crippen MR) is 56.0 cm³/mol. The van der Waals surface area contributed by atoms with Crippen LogP contribution in [0, 0.1) is 11.6 Å². The zero-order valence-electron chi connectivity index (χ0n) is 8.56. The summed E-state index contributed by atoms with van der Waals surface area (Å²) in [6.45, 7) is 0.963. The lowest BCUT2D eigenvalue weighted by Gasteiger charge is -2.04. The highest BCUT2D eigenvalue weighted by Crippen LogP contribution is 2.24. The van der Waals surface area contributed by atoms with Crippen molar-refractivity contribution >= 4 is 11.0 Å². The summed E-state index contributed by atoms with van der Waals surface area (Å²) < 4.78 is 26.0. The van der Waals surface area contributed by atoms with Crippen LogP contribution in [0.15, 0.2) is 12.1 Å². The summed E-state index contributed by atoms with van der Waals surface area (Å²) in [6.07, 6.45) is 2.11. The minimum atomic E-state index is -0.857. The molecule has 1 unspecified atom stereocenters. The van der Waals surface area contributed by atoms with E-state index in [2.05, 4.69) is 15.3 Å². The average Bonchev–Trinajstić information content (AvgIpc) is 2.86. The van der Waals surface area contributed by atoms with Crippen molar-refractivity contribution in [2.75, 3.05) is 6.54 Å². The molecule has 1 atom stereocenters. The van der Waals surface area contributed by atoms with E-state index in [1.165, 1.54) is 0 Å². The Labute approximate surface area is 90.9 Å². The van der Waals surface area contributed by atoms with Crippen molar-refractivity contribution in [1.82, 2.24) is 15.3 Å². The number of fused-ring (bicyclic) bond motifs is 1. The average molecular weight is 223 g/mol. The van der Waals surface area contributed by atoms with Crippen LogP contribution in [0.1, 0.15) is 24.7 Å². The Morgan fingerprint density at radius 1 is 1.25 bits per heavy atom. The molecule has 5 heteroatoms. The molecule has 0 radical (unpaired) electrons. The van der Waals surface area contributed by atoms with Gasteiger partial charge in [0, 0.05) is 12.1 Å². The van der Waals surface area contributed by atoms with Crippen LogP contribution in [-0.4, -0.2) is 16.5 Å². The zero-order valence-corrected chi connectivity index (χ0v) is 8.56. The summed E-state index contributed by atoms with van der Waals surface area (Å²) in [6, 6.07) is 2.45. The molecule has 1 saturated heterocycles. The van der Waals surface area contributed by atoms with Gasteiger partial charge in [-0.2, -0.15) is 0 Å². The minimum absolute atomic E-state index is 0.179. The molecular weight excluding hydrogens is 212 g/mol. The summed E-state index contributed by atoms with van der Waals surface area (Å²) in [5.41, 5.74) is 1.02. The number of imidazole rings is 1. The Kier molecular flexibility index (Phi) is 2.14. The number of nitrogens with one attached hydrogen (secondary N) is 2. The van der Waals surface area contributed by atoms with E-state index < -0.39 is 11.6 Å². The number of hydrogen-bond acceptors (Lipinski definition) is 2. The molecular formula is C11H11F2N3. The molecule has 3 rings (SSSR count). The van der Waals surface area contributed by atoms with Crippen LogP contribution in [-0.2, 0) is 0 Å². The van der Waals surface area contributed by atoms with E-state index in [1.54, 1.807) is 0 Å². The van der Waals surface area contributed by atoms with Crippen LogP contribution < -0.4 is 5.32 Å². The van der Waals surface area contributed by atoms with Gasteiger partial charge in [-0.25, -0.2) is 13.8 Å². The maximum atomic E-state index is 13.0. The van der Waals surface area contributed by atoms with Gasteiger partial charge in [-0.05, 0) is 19.4 Å². The molecule has 1 fully saturated rings. The van der Waals surface area contributed by atoms with Gasteiger partial charge in [0.1, 0.15) is 5.82 Å². The van der Waals surface area contributed by atoms with Crippen LogP contribution in [0.2, 0.25) is 0 Å². The van der Waals surface area contributed by atoms with Gasteiger partial charge in [0.15, 0.2) is 11.6 Å². The molecule has 2 aromatic rings. The standard InChI is InChI=1S/C11H11F2N3/c12-6-4-9-10(5-7(6)13)16-11(15-9)8-2-1-3-14-8/h4-5,8,14H,1-3H2,(H,15,16). The van der Waals surface area contributed by atoms with Crippen molar-refractivity contribution in [2.45, 2.75) is 18.9 Å². The van der Waals surface area contributed by atoms with Crippen LogP contribution >= 0.6 is 0 Å². The molecule has 0 spiro atoms. The maximum Gasteiger partial charge on any atom is 0.161 e. The number of halogens is 2. The molecule has 84 valence electrons. The van der Waals surface area contributed by atoms with E-state index >= 15 is 0 Å². The van der Waals surface area contributed by atoms with Gasteiger partial charge in [0.2, 0.25) is 0 Å². The van der Waals surface area contributed by atoms with Crippen LogP contribution in [0.4, 0.5) is 8.78 Å². The van der Waals surface area contributed by atoms with Crippen molar-refractivity contribution in [3.63, 3.8) is 0 Å². The third kappa shape index (κ3) is 1.48. The van der Waals surface area contributed by atoms with Crippen molar-refractivity contribution in [3.05, 3.63) is 29.6 Å². The molecule has 1 aliphatic heterocycles. The lowest BCUT2D eigenvalue weighted by Crippen LogP contribution is -2.13. The molecule has 0 saturated carbocycles. The fraction of sp³-hybridized carbons (Fsp3) is 0.364. The molecule has 0 aliphatic carbocycles. The lowest BCUT2D eigenvalue weighted by atomic mass is 10.2. The van der Waals surface area contributed by atoms with E-state index in [-0.39, 0.29) is 6.04 Å². The number of H-pyrrole nitrogens is 1.